The second-order valence-corrected chi connectivity index (χ2v) is 6.15. The van der Waals surface area contributed by atoms with Gasteiger partial charge in [-0.3, -0.25) is 4.79 Å². The third-order valence-corrected chi connectivity index (χ3v) is 3.98. The molecule has 0 aliphatic carbocycles. The van der Waals surface area contributed by atoms with Crippen molar-refractivity contribution in [1.82, 2.24) is 5.32 Å². The van der Waals surface area contributed by atoms with Crippen molar-refractivity contribution < 1.29 is 19.0 Å². The maximum absolute atomic E-state index is 12.3. The number of amides is 1. The highest BCUT2D eigenvalue weighted by atomic mass is 35.5. The molecule has 2 rings (SSSR count). The van der Waals surface area contributed by atoms with Crippen LogP contribution >= 0.6 is 11.6 Å². The average Bonchev–Trinajstić information content (AvgIpc) is 2.66. The number of hydrogen-bond acceptors (Lipinski definition) is 4. The molecule has 1 unspecified atom stereocenters. The van der Waals surface area contributed by atoms with Gasteiger partial charge in [0.05, 0.1) is 18.7 Å². The minimum Gasteiger partial charge on any atom is -0.493 e. The number of benzene rings is 2. The van der Waals surface area contributed by atoms with Crippen LogP contribution in [0.3, 0.4) is 0 Å². The van der Waals surface area contributed by atoms with Crippen LogP contribution in [0.5, 0.6) is 17.2 Å². The van der Waals surface area contributed by atoms with Crippen LogP contribution in [0.15, 0.2) is 42.5 Å². The number of nitrogens with one attached hydrogen (secondary N) is 1. The van der Waals surface area contributed by atoms with E-state index < -0.39 is 6.10 Å². The third-order valence-electron chi connectivity index (χ3n) is 3.67. The molecule has 0 spiro atoms. The molecule has 5 nitrogen and oxygen atoms in total. The smallest absolute Gasteiger partial charge is 0.261 e. The molecule has 2 aromatic rings. The van der Waals surface area contributed by atoms with Gasteiger partial charge in [0.15, 0.2) is 17.6 Å². The first kappa shape index (κ1) is 19.9. The molecular formula is C20H24ClNO4. The molecule has 0 aromatic heterocycles. The van der Waals surface area contributed by atoms with Crippen molar-refractivity contribution in [3.8, 4) is 17.2 Å². The molecule has 0 saturated heterocycles. The fourth-order valence-corrected chi connectivity index (χ4v) is 2.45. The summed E-state index contributed by atoms with van der Waals surface area (Å²) in [7, 11) is 1.59. The van der Waals surface area contributed by atoms with Crippen molar-refractivity contribution in [2.75, 3.05) is 13.7 Å². The predicted molar refractivity (Wildman–Crippen MR) is 102 cm³/mol. The van der Waals surface area contributed by atoms with Crippen molar-refractivity contribution in [3.63, 3.8) is 0 Å². The van der Waals surface area contributed by atoms with Crippen molar-refractivity contribution in [2.24, 2.45) is 0 Å². The van der Waals surface area contributed by atoms with Gasteiger partial charge in [-0.2, -0.15) is 0 Å². The third kappa shape index (κ3) is 5.56. The van der Waals surface area contributed by atoms with E-state index in [1.54, 1.807) is 38.3 Å². The van der Waals surface area contributed by atoms with Gasteiger partial charge in [-0.25, -0.2) is 0 Å². The van der Waals surface area contributed by atoms with E-state index in [1.165, 1.54) is 0 Å². The molecule has 0 aliphatic rings. The standard InChI is InChI=1S/C20H24ClNO4/c1-4-11-25-18-10-9-15(12-19(18)24-3)13-22-20(23)14(2)26-17-8-6-5-7-16(17)21/h5-10,12,14H,4,11,13H2,1-3H3,(H,22,23). The zero-order valence-corrected chi connectivity index (χ0v) is 16.0. The fraction of sp³-hybridized carbons (Fsp3) is 0.350. The van der Waals surface area contributed by atoms with E-state index >= 15 is 0 Å². The maximum atomic E-state index is 12.3. The summed E-state index contributed by atoms with van der Waals surface area (Å²) in [5.74, 6) is 1.59. The molecule has 2 aromatic carbocycles. The lowest BCUT2D eigenvalue weighted by Gasteiger charge is -2.16. The Morgan fingerprint density at radius 2 is 1.92 bits per heavy atom. The van der Waals surface area contributed by atoms with Gasteiger partial charge in [-0.1, -0.05) is 36.7 Å². The largest absolute Gasteiger partial charge is 0.493 e. The number of carbonyl (C=O) groups is 1. The van der Waals surface area contributed by atoms with Gasteiger partial charge in [0.25, 0.3) is 5.91 Å². The fourth-order valence-electron chi connectivity index (χ4n) is 2.27. The molecule has 1 amide bonds. The number of hydrogen-bond donors (Lipinski definition) is 1. The van der Waals surface area contributed by atoms with E-state index in [-0.39, 0.29) is 5.91 Å². The molecule has 26 heavy (non-hydrogen) atoms. The van der Waals surface area contributed by atoms with Gasteiger partial charge in [0.1, 0.15) is 5.75 Å². The summed E-state index contributed by atoms with van der Waals surface area (Å²) >= 11 is 6.05. The van der Waals surface area contributed by atoms with Crippen molar-refractivity contribution >= 4 is 17.5 Å². The zero-order valence-electron chi connectivity index (χ0n) is 15.3. The van der Waals surface area contributed by atoms with Gasteiger partial charge >= 0.3 is 0 Å². The lowest BCUT2D eigenvalue weighted by molar-refractivity contribution is -0.127. The van der Waals surface area contributed by atoms with E-state index in [0.717, 1.165) is 12.0 Å². The molecule has 0 radical (unpaired) electrons. The number of para-hydroxylation sites is 1. The number of ether oxygens (including phenoxy) is 3. The second-order valence-electron chi connectivity index (χ2n) is 5.74. The van der Waals surface area contributed by atoms with Crippen LogP contribution in [0.2, 0.25) is 5.02 Å². The van der Waals surface area contributed by atoms with Gasteiger partial charge < -0.3 is 19.5 Å². The monoisotopic (exact) mass is 377 g/mol. The van der Waals surface area contributed by atoms with Crippen molar-refractivity contribution in [3.05, 3.63) is 53.1 Å². The topological polar surface area (TPSA) is 56.8 Å². The van der Waals surface area contributed by atoms with E-state index in [4.69, 9.17) is 25.8 Å². The van der Waals surface area contributed by atoms with Crippen LogP contribution in [0.1, 0.15) is 25.8 Å². The van der Waals surface area contributed by atoms with Gasteiger partial charge in [0, 0.05) is 6.54 Å². The molecule has 140 valence electrons. The zero-order chi connectivity index (χ0) is 18.9. The molecule has 6 heteroatoms. The Hall–Kier alpha value is -2.40. The highest BCUT2D eigenvalue weighted by molar-refractivity contribution is 6.32. The first-order valence-electron chi connectivity index (χ1n) is 8.53. The number of halogens is 1. The number of rotatable bonds is 9. The molecule has 0 aliphatic heterocycles. The van der Waals surface area contributed by atoms with Crippen LogP contribution in [0.4, 0.5) is 0 Å². The minimum atomic E-state index is -0.663. The molecule has 0 heterocycles. The lowest BCUT2D eigenvalue weighted by Crippen LogP contribution is -2.35. The quantitative estimate of drug-likeness (QED) is 0.710. The van der Waals surface area contributed by atoms with E-state index in [1.807, 2.05) is 25.1 Å². The molecule has 1 N–H and O–H groups in total. The Morgan fingerprint density at radius 1 is 1.15 bits per heavy atom. The SMILES string of the molecule is CCCOc1ccc(CNC(=O)C(C)Oc2ccccc2Cl)cc1OC. The Balaban J connectivity index is 1.93. The average molecular weight is 378 g/mol. The number of methoxy groups -OCH3 is 1. The Labute approximate surface area is 159 Å². The Bertz CT molecular complexity index is 736. The Morgan fingerprint density at radius 3 is 2.62 bits per heavy atom. The summed E-state index contributed by atoms with van der Waals surface area (Å²) in [6.07, 6.45) is 0.258. The van der Waals surface area contributed by atoms with Crippen molar-refractivity contribution in [2.45, 2.75) is 32.9 Å². The maximum Gasteiger partial charge on any atom is 0.261 e. The minimum absolute atomic E-state index is 0.227. The first-order valence-corrected chi connectivity index (χ1v) is 8.91. The second kappa shape index (κ2) is 9.92. The van der Waals surface area contributed by atoms with Crippen molar-refractivity contribution in [1.29, 1.82) is 0 Å². The highest BCUT2D eigenvalue weighted by Crippen LogP contribution is 2.28. The summed E-state index contributed by atoms with van der Waals surface area (Å²) in [6.45, 7) is 4.71. The van der Waals surface area contributed by atoms with E-state index in [9.17, 15) is 4.79 Å². The van der Waals surface area contributed by atoms with Crippen LogP contribution in [-0.2, 0) is 11.3 Å². The number of carbonyl (C=O) groups excluding carboxylic acids is 1. The van der Waals surface area contributed by atoms with E-state index in [2.05, 4.69) is 5.32 Å². The van der Waals surface area contributed by atoms with Crippen LogP contribution in [0, 0.1) is 0 Å². The molecule has 0 saturated carbocycles. The molecular weight excluding hydrogens is 354 g/mol. The highest BCUT2D eigenvalue weighted by Gasteiger charge is 2.16. The van der Waals surface area contributed by atoms with Gasteiger partial charge in [0.2, 0.25) is 0 Å². The molecule has 0 bridgehead atoms. The molecule has 0 fully saturated rings. The van der Waals surface area contributed by atoms with E-state index in [0.29, 0.717) is 35.4 Å². The predicted octanol–water partition coefficient (Wildman–Crippen LogP) is 4.22. The first-order chi connectivity index (χ1) is 12.5. The van der Waals surface area contributed by atoms with Gasteiger partial charge in [-0.05, 0) is 43.2 Å². The van der Waals surface area contributed by atoms with Gasteiger partial charge in [-0.15, -0.1) is 0 Å². The normalized spacial score (nSPS) is 11.5. The summed E-state index contributed by atoms with van der Waals surface area (Å²) in [4.78, 5) is 12.3. The lowest BCUT2D eigenvalue weighted by atomic mass is 10.2. The Kier molecular flexibility index (Phi) is 7.60. The molecule has 1 atom stereocenters. The van der Waals surface area contributed by atoms with Crippen LogP contribution < -0.4 is 19.5 Å². The summed E-state index contributed by atoms with van der Waals surface area (Å²) < 4.78 is 16.6. The summed E-state index contributed by atoms with van der Waals surface area (Å²) in [6, 6.07) is 12.7. The summed E-state index contributed by atoms with van der Waals surface area (Å²) in [5.41, 5.74) is 0.906. The summed E-state index contributed by atoms with van der Waals surface area (Å²) in [5, 5.41) is 3.32. The van der Waals surface area contributed by atoms with Crippen LogP contribution in [0.25, 0.3) is 0 Å². The van der Waals surface area contributed by atoms with Crippen LogP contribution in [-0.4, -0.2) is 25.7 Å².